The smallest absolute Gasteiger partial charge is 0.257 e. The lowest BCUT2D eigenvalue weighted by molar-refractivity contribution is -0.123. The third kappa shape index (κ3) is 4.75. The topological polar surface area (TPSA) is 77.5 Å². The number of fused-ring (bicyclic) bond motifs is 1. The predicted molar refractivity (Wildman–Crippen MR) is 110 cm³/mol. The maximum atomic E-state index is 12.4. The highest BCUT2D eigenvalue weighted by Gasteiger charge is 2.10. The van der Waals surface area contributed by atoms with E-state index in [0.29, 0.717) is 23.1 Å². The van der Waals surface area contributed by atoms with Gasteiger partial charge in [-0.15, -0.1) is 11.3 Å². The molecule has 0 fully saturated rings. The molecule has 0 aliphatic rings. The summed E-state index contributed by atoms with van der Waals surface area (Å²) in [5.74, 6) is 0.592. The Bertz CT molecular complexity index is 993. The molecule has 28 heavy (non-hydrogen) atoms. The van der Waals surface area contributed by atoms with Gasteiger partial charge in [-0.2, -0.15) is 0 Å². The van der Waals surface area contributed by atoms with E-state index in [0.717, 1.165) is 15.8 Å². The van der Waals surface area contributed by atoms with E-state index in [9.17, 15) is 9.59 Å². The molecule has 0 saturated heterocycles. The first-order valence-electron chi connectivity index (χ1n) is 8.76. The summed E-state index contributed by atoms with van der Waals surface area (Å²) in [6, 6.07) is 12.9. The Morgan fingerprint density at radius 3 is 2.75 bits per heavy atom. The molecular weight excluding hydrogens is 376 g/mol. The Hall–Kier alpha value is -3.19. The molecule has 1 N–H and O–H groups in total. The molecule has 0 aliphatic heterocycles. The van der Waals surface area contributed by atoms with Gasteiger partial charge in [0.2, 0.25) is 5.78 Å². The van der Waals surface area contributed by atoms with E-state index in [2.05, 4.69) is 10.3 Å². The van der Waals surface area contributed by atoms with Crippen molar-refractivity contribution in [2.75, 3.05) is 20.3 Å². The normalized spacial score (nSPS) is 10.9. The number of benzene rings is 2. The van der Waals surface area contributed by atoms with Crippen molar-refractivity contribution >= 4 is 39.3 Å². The first-order valence-corrected chi connectivity index (χ1v) is 9.58. The van der Waals surface area contributed by atoms with Crippen LogP contribution in [0.2, 0.25) is 0 Å². The summed E-state index contributed by atoms with van der Waals surface area (Å²) in [6.45, 7) is 2.30. The fraction of sp³-hybridized carbons (Fsp3) is 0.190. The Labute approximate surface area is 166 Å². The second-order valence-electron chi connectivity index (χ2n) is 5.84. The molecule has 6 nitrogen and oxygen atoms in total. The number of para-hydroxylation sites is 1. The first kappa shape index (κ1) is 19.6. The van der Waals surface area contributed by atoms with Crippen molar-refractivity contribution in [3.8, 4) is 11.5 Å². The van der Waals surface area contributed by atoms with Crippen molar-refractivity contribution in [1.29, 1.82) is 0 Å². The van der Waals surface area contributed by atoms with Crippen molar-refractivity contribution in [2.24, 2.45) is 0 Å². The number of thiazole rings is 1. The zero-order valence-corrected chi connectivity index (χ0v) is 16.4. The van der Waals surface area contributed by atoms with Crippen LogP contribution in [0, 0.1) is 0 Å². The summed E-state index contributed by atoms with van der Waals surface area (Å²) < 4.78 is 11.8. The van der Waals surface area contributed by atoms with Crippen LogP contribution in [0.25, 0.3) is 16.3 Å². The van der Waals surface area contributed by atoms with Gasteiger partial charge in [-0.1, -0.05) is 24.3 Å². The summed E-state index contributed by atoms with van der Waals surface area (Å²) >= 11 is 1.37. The molecule has 1 heterocycles. The van der Waals surface area contributed by atoms with Gasteiger partial charge in [0.1, 0.15) is 0 Å². The number of likely N-dealkylation sites (N-methyl/N-ethyl adjacent to an activating group) is 1. The molecule has 0 radical (unpaired) electrons. The van der Waals surface area contributed by atoms with E-state index in [1.54, 1.807) is 24.3 Å². The largest absolute Gasteiger partial charge is 0.493 e. The molecule has 0 bridgehead atoms. The monoisotopic (exact) mass is 396 g/mol. The number of ketones is 1. The zero-order chi connectivity index (χ0) is 19.9. The van der Waals surface area contributed by atoms with Gasteiger partial charge in [-0.25, -0.2) is 4.98 Å². The lowest BCUT2D eigenvalue weighted by atomic mass is 10.1. The Morgan fingerprint density at radius 2 is 2.00 bits per heavy atom. The Kier molecular flexibility index (Phi) is 6.39. The summed E-state index contributed by atoms with van der Waals surface area (Å²) in [5.41, 5.74) is 1.59. The van der Waals surface area contributed by atoms with Crippen molar-refractivity contribution in [3.63, 3.8) is 0 Å². The predicted octanol–water partition coefficient (Wildman–Crippen LogP) is 3.72. The van der Waals surface area contributed by atoms with Gasteiger partial charge in [0.05, 0.1) is 17.3 Å². The number of nitrogens with zero attached hydrogens (tertiary/aromatic N) is 1. The molecule has 1 aromatic heterocycles. The van der Waals surface area contributed by atoms with E-state index in [-0.39, 0.29) is 18.3 Å². The van der Waals surface area contributed by atoms with Crippen molar-refractivity contribution in [3.05, 3.63) is 59.1 Å². The first-order chi connectivity index (χ1) is 13.6. The van der Waals surface area contributed by atoms with Gasteiger partial charge in [-0.3, -0.25) is 9.59 Å². The number of nitrogens with one attached hydrogen (secondary N) is 1. The second kappa shape index (κ2) is 9.14. The molecule has 3 aromatic rings. The number of allylic oxidation sites excluding steroid dienone is 1. The number of hydrogen-bond acceptors (Lipinski definition) is 6. The van der Waals surface area contributed by atoms with Crippen LogP contribution >= 0.6 is 11.3 Å². The van der Waals surface area contributed by atoms with Crippen LogP contribution in [0.5, 0.6) is 11.5 Å². The van der Waals surface area contributed by atoms with Gasteiger partial charge in [0.15, 0.2) is 23.1 Å². The number of methoxy groups -OCH3 is 1. The molecule has 0 unspecified atom stereocenters. The molecule has 144 valence electrons. The van der Waals surface area contributed by atoms with Crippen LogP contribution < -0.4 is 14.8 Å². The van der Waals surface area contributed by atoms with Crippen LogP contribution in [0.1, 0.15) is 22.3 Å². The maximum absolute atomic E-state index is 12.4. The van der Waals surface area contributed by atoms with Gasteiger partial charge in [0.25, 0.3) is 5.91 Å². The molecule has 0 atom stereocenters. The van der Waals surface area contributed by atoms with Gasteiger partial charge >= 0.3 is 0 Å². The SMILES string of the molecule is CCNC(=O)COc1ccc(/C=C/C(=O)c2nc3ccccc3s2)cc1OC. The van der Waals surface area contributed by atoms with Crippen LogP contribution in [-0.2, 0) is 4.79 Å². The Balaban J connectivity index is 1.70. The minimum Gasteiger partial charge on any atom is -0.493 e. The van der Waals surface area contributed by atoms with Crippen molar-refractivity contribution in [2.45, 2.75) is 6.92 Å². The Morgan fingerprint density at radius 1 is 1.18 bits per heavy atom. The third-order valence-corrected chi connectivity index (χ3v) is 4.90. The van der Waals surface area contributed by atoms with Crippen molar-refractivity contribution in [1.82, 2.24) is 10.3 Å². The highest BCUT2D eigenvalue weighted by molar-refractivity contribution is 7.20. The summed E-state index contributed by atoms with van der Waals surface area (Å²) in [6.07, 6.45) is 3.19. The number of rotatable bonds is 8. The van der Waals surface area contributed by atoms with Crippen LogP contribution in [0.15, 0.2) is 48.5 Å². The third-order valence-electron chi connectivity index (χ3n) is 3.85. The number of ether oxygens (including phenoxy) is 2. The molecule has 7 heteroatoms. The average molecular weight is 396 g/mol. The maximum Gasteiger partial charge on any atom is 0.257 e. The highest BCUT2D eigenvalue weighted by atomic mass is 32.1. The molecule has 1 amide bonds. The number of aromatic nitrogens is 1. The van der Waals surface area contributed by atoms with Crippen LogP contribution in [0.4, 0.5) is 0 Å². The minimum absolute atomic E-state index is 0.0878. The highest BCUT2D eigenvalue weighted by Crippen LogP contribution is 2.29. The molecule has 0 spiro atoms. The number of carbonyl (C=O) groups excluding carboxylic acids is 2. The van der Waals surface area contributed by atoms with E-state index in [4.69, 9.17) is 9.47 Å². The average Bonchev–Trinajstić information content (AvgIpc) is 3.15. The van der Waals surface area contributed by atoms with Gasteiger partial charge in [0, 0.05) is 6.54 Å². The quantitative estimate of drug-likeness (QED) is 0.464. The number of carbonyl (C=O) groups is 2. The zero-order valence-electron chi connectivity index (χ0n) is 15.6. The second-order valence-corrected chi connectivity index (χ2v) is 6.87. The molecular formula is C21H20N2O4S. The van der Waals surface area contributed by atoms with Crippen molar-refractivity contribution < 1.29 is 19.1 Å². The van der Waals surface area contributed by atoms with Crippen LogP contribution in [-0.4, -0.2) is 36.9 Å². The molecule has 0 saturated carbocycles. The molecule has 0 aliphatic carbocycles. The van der Waals surface area contributed by atoms with E-state index in [1.165, 1.54) is 24.5 Å². The fourth-order valence-electron chi connectivity index (χ4n) is 2.52. The fourth-order valence-corrected chi connectivity index (χ4v) is 3.41. The van der Waals surface area contributed by atoms with Gasteiger partial charge < -0.3 is 14.8 Å². The van der Waals surface area contributed by atoms with E-state index in [1.807, 2.05) is 31.2 Å². The lowest BCUT2D eigenvalue weighted by Gasteiger charge is -2.11. The van der Waals surface area contributed by atoms with E-state index < -0.39 is 0 Å². The summed E-state index contributed by atoms with van der Waals surface area (Å²) in [7, 11) is 1.52. The van der Waals surface area contributed by atoms with Gasteiger partial charge in [-0.05, 0) is 42.8 Å². The van der Waals surface area contributed by atoms with E-state index >= 15 is 0 Å². The number of hydrogen-bond donors (Lipinski definition) is 1. The van der Waals surface area contributed by atoms with Crippen LogP contribution in [0.3, 0.4) is 0 Å². The summed E-state index contributed by atoms with van der Waals surface area (Å²) in [4.78, 5) is 28.3. The lowest BCUT2D eigenvalue weighted by Crippen LogP contribution is -2.28. The summed E-state index contributed by atoms with van der Waals surface area (Å²) in [5, 5.41) is 3.11. The molecule has 2 aromatic carbocycles. The molecule has 3 rings (SSSR count). The minimum atomic E-state index is -0.199. The standard InChI is InChI=1S/C21H20N2O4S/c1-3-22-20(25)13-27-17-11-9-14(12-18(17)26-2)8-10-16(24)21-23-15-6-4-5-7-19(15)28-21/h4-12H,3,13H2,1-2H3,(H,22,25)/b10-8+. The number of amides is 1.